The number of ether oxygens (including phenoxy) is 2. The maximum absolute atomic E-state index is 13.8. The lowest BCUT2D eigenvalue weighted by molar-refractivity contribution is 0.0639. The summed E-state index contributed by atoms with van der Waals surface area (Å²) in [5.41, 5.74) is 4.18. The molecule has 0 bridgehead atoms. The highest BCUT2D eigenvalue weighted by Gasteiger charge is 2.30. The van der Waals surface area contributed by atoms with Crippen LogP contribution in [0.1, 0.15) is 54.8 Å². The molecule has 9 nitrogen and oxygen atoms in total. The van der Waals surface area contributed by atoms with Crippen LogP contribution in [0.4, 0.5) is 4.79 Å². The summed E-state index contributed by atoms with van der Waals surface area (Å²) >= 11 is 6.17. The van der Waals surface area contributed by atoms with Crippen molar-refractivity contribution in [2.75, 3.05) is 26.3 Å². The molecule has 1 amide bonds. The lowest BCUT2D eigenvalue weighted by Crippen LogP contribution is -2.38. The van der Waals surface area contributed by atoms with Crippen LogP contribution in [0, 0.1) is 5.92 Å². The molecule has 40 heavy (non-hydrogen) atoms. The highest BCUT2D eigenvalue weighted by molar-refractivity contribution is 6.31. The number of aromatic amines is 2. The molecule has 0 spiro atoms. The summed E-state index contributed by atoms with van der Waals surface area (Å²) in [7, 11) is 0. The van der Waals surface area contributed by atoms with E-state index < -0.39 is 0 Å². The molecule has 2 N–H and O–H groups in total. The summed E-state index contributed by atoms with van der Waals surface area (Å²) in [6.07, 6.45) is 4.91. The van der Waals surface area contributed by atoms with Crippen molar-refractivity contribution in [1.82, 2.24) is 24.6 Å². The molecule has 4 heterocycles. The van der Waals surface area contributed by atoms with Crippen LogP contribution in [0.5, 0.6) is 0 Å². The Morgan fingerprint density at radius 1 is 1.07 bits per heavy atom. The molecule has 2 aromatic heterocycles. The van der Waals surface area contributed by atoms with Gasteiger partial charge in [-0.2, -0.15) is 4.68 Å². The smallest absolute Gasteiger partial charge is 0.410 e. The third-order valence-electron chi connectivity index (χ3n) is 8.17. The van der Waals surface area contributed by atoms with Gasteiger partial charge in [0, 0.05) is 48.5 Å². The van der Waals surface area contributed by atoms with Gasteiger partial charge in [-0.15, -0.1) is 0 Å². The normalized spacial score (nSPS) is 17.0. The van der Waals surface area contributed by atoms with Crippen molar-refractivity contribution >= 4 is 28.7 Å². The van der Waals surface area contributed by atoms with Crippen LogP contribution in [0.15, 0.2) is 53.3 Å². The molecule has 0 radical (unpaired) electrons. The van der Waals surface area contributed by atoms with Gasteiger partial charge in [-0.1, -0.05) is 41.9 Å². The summed E-state index contributed by atoms with van der Waals surface area (Å²) in [6, 6.07) is 15.1. The summed E-state index contributed by atoms with van der Waals surface area (Å²) in [5, 5.41) is 4.01. The Hall–Kier alpha value is -3.56. The monoisotopic (exact) mass is 563 g/mol. The number of nitrogens with one attached hydrogen (secondary N) is 2. The van der Waals surface area contributed by atoms with Gasteiger partial charge in [-0.05, 0) is 68.2 Å². The molecular weight excluding hydrogens is 530 g/mol. The van der Waals surface area contributed by atoms with Crippen molar-refractivity contribution < 1.29 is 14.3 Å². The standard InChI is InChI=1S/C30H34ClN5O4/c31-23-7-9-25-26(18-23)33-29(32-25)36-28(37)24(8-6-20-12-16-39-17-13-20)27(34-36)22-10-14-35(15-11-22)30(38)40-19-21-4-2-1-3-5-21/h1-5,7,9,18,20,22,34H,6,8,10-17,19H2,(H,32,33). The van der Waals surface area contributed by atoms with Gasteiger partial charge in [0.2, 0.25) is 5.95 Å². The maximum atomic E-state index is 13.8. The van der Waals surface area contributed by atoms with Crippen molar-refractivity contribution in [3.8, 4) is 5.95 Å². The van der Waals surface area contributed by atoms with Crippen LogP contribution < -0.4 is 5.56 Å². The summed E-state index contributed by atoms with van der Waals surface area (Å²) in [5.74, 6) is 1.14. The van der Waals surface area contributed by atoms with Crippen molar-refractivity contribution in [2.45, 2.75) is 51.0 Å². The zero-order chi connectivity index (χ0) is 27.5. The minimum atomic E-state index is -0.297. The summed E-state index contributed by atoms with van der Waals surface area (Å²) < 4.78 is 12.6. The molecule has 6 rings (SSSR count). The zero-order valence-electron chi connectivity index (χ0n) is 22.4. The largest absolute Gasteiger partial charge is 0.445 e. The molecule has 0 aliphatic carbocycles. The highest BCUT2D eigenvalue weighted by Crippen LogP contribution is 2.31. The Kier molecular flexibility index (Phi) is 7.93. The molecule has 2 saturated heterocycles. The van der Waals surface area contributed by atoms with E-state index in [1.54, 1.807) is 17.0 Å². The third-order valence-corrected chi connectivity index (χ3v) is 8.41. The number of hydrogen-bond donors (Lipinski definition) is 2. The molecule has 0 saturated carbocycles. The Morgan fingerprint density at radius 3 is 2.62 bits per heavy atom. The number of likely N-dealkylation sites (tertiary alicyclic amines) is 1. The van der Waals surface area contributed by atoms with Crippen molar-refractivity contribution in [3.63, 3.8) is 0 Å². The second-order valence-electron chi connectivity index (χ2n) is 10.8. The second kappa shape index (κ2) is 11.9. The minimum absolute atomic E-state index is 0.0723. The SMILES string of the molecule is O=C(OCc1ccccc1)N1CCC(c2[nH]n(-c3nc4ccc(Cl)cc4[nH]3)c(=O)c2CCC2CCOCC2)CC1. The quantitative estimate of drug-likeness (QED) is 0.306. The van der Waals surface area contributed by atoms with Crippen LogP contribution >= 0.6 is 11.6 Å². The van der Waals surface area contributed by atoms with E-state index in [1.807, 2.05) is 36.4 Å². The first-order valence-electron chi connectivity index (χ1n) is 14.1. The Morgan fingerprint density at radius 2 is 1.85 bits per heavy atom. The average molecular weight is 564 g/mol. The van der Waals surface area contributed by atoms with E-state index in [2.05, 4.69) is 15.1 Å². The second-order valence-corrected chi connectivity index (χ2v) is 11.2. The first kappa shape index (κ1) is 26.7. The fourth-order valence-electron chi connectivity index (χ4n) is 5.84. The van der Waals surface area contributed by atoms with Gasteiger partial charge in [-0.25, -0.2) is 9.78 Å². The van der Waals surface area contributed by atoms with E-state index in [0.29, 0.717) is 36.4 Å². The van der Waals surface area contributed by atoms with Gasteiger partial charge in [0.25, 0.3) is 5.56 Å². The number of benzene rings is 2. The molecule has 2 aliphatic heterocycles. The molecule has 4 aromatic rings. The van der Waals surface area contributed by atoms with Gasteiger partial charge >= 0.3 is 6.09 Å². The zero-order valence-corrected chi connectivity index (χ0v) is 23.2. The lowest BCUT2D eigenvalue weighted by Gasteiger charge is -2.31. The average Bonchev–Trinajstić information content (AvgIpc) is 3.56. The number of H-pyrrole nitrogens is 2. The van der Waals surface area contributed by atoms with Crippen molar-refractivity contribution in [1.29, 1.82) is 0 Å². The Labute approximate surface area is 237 Å². The van der Waals surface area contributed by atoms with E-state index in [9.17, 15) is 9.59 Å². The number of fused-ring (bicyclic) bond motifs is 1. The Bertz CT molecular complexity index is 1510. The first-order valence-corrected chi connectivity index (χ1v) is 14.5. The number of halogens is 1. The van der Waals surface area contributed by atoms with Gasteiger partial charge in [0.05, 0.1) is 11.0 Å². The van der Waals surface area contributed by atoms with Crippen molar-refractivity contribution in [3.05, 3.63) is 80.7 Å². The fourth-order valence-corrected chi connectivity index (χ4v) is 6.01. The first-order chi connectivity index (χ1) is 19.5. The predicted molar refractivity (Wildman–Crippen MR) is 153 cm³/mol. The lowest BCUT2D eigenvalue weighted by atomic mass is 9.88. The van der Waals surface area contributed by atoms with E-state index in [0.717, 1.165) is 73.2 Å². The van der Waals surface area contributed by atoms with Gasteiger partial charge in [0.15, 0.2) is 0 Å². The van der Waals surface area contributed by atoms with Gasteiger partial charge in [0.1, 0.15) is 6.61 Å². The maximum Gasteiger partial charge on any atom is 0.410 e. The number of rotatable bonds is 7. The summed E-state index contributed by atoms with van der Waals surface area (Å²) in [6.45, 7) is 2.99. The predicted octanol–water partition coefficient (Wildman–Crippen LogP) is 5.57. The minimum Gasteiger partial charge on any atom is -0.445 e. The number of carbonyl (C=O) groups excluding carboxylic acids is 1. The molecule has 0 unspecified atom stereocenters. The van der Waals surface area contributed by atoms with E-state index in [-0.39, 0.29) is 24.2 Å². The van der Waals surface area contributed by atoms with Crippen LogP contribution in [0.2, 0.25) is 5.02 Å². The third kappa shape index (κ3) is 5.81. The molecule has 2 aromatic carbocycles. The van der Waals surface area contributed by atoms with Crippen molar-refractivity contribution in [2.24, 2.45) is 5.92 Å². The number of amides is 1. The molecule has 2 aliphatic rings. The molecular formula is C30H34ClN5O4. The molecule has 210 valence electrons. The molecule has 10 heteroatoms. The van der Waals surface area contributed by atoms with Gasteiger partial charge < -0.3 is 19.4 Å². The number of aromatic nitrogens is 4. The number of imidazole rings is 1. The number of piperidine rings is 1. The van der Waals surface area contributed by atoms with E-state index in [4.69, 9.17) is 21.1 Å². The van der Waals surface area contributed by atoms with Crippen LogP contribution in [0.25, 0.3) is 17.0 Å². The Balaban J connectivity index is 1.20. The van der Waals surface area contributed by atoms with E-state index in [1.165, 1.54) is 4.68 Å². The fraction of sp³-hybridized carbons (Fsp3) is 0.433. The number of nitrogens with zero attached hydrogens (tertiary/aromatic N) is 3. The topological polar surface area (TPSA) is 105 Å². The number of hydrogen-bond acceptors (Lipinski definition) is 5. The number of carbonyl (C=O) groups is 1. The molecule has 2 fully saturated rings. The van der Waals surface area contributed by atoms with Crippen LogP contribution in [0.3, 0.4) is 0 Å². The highest BCUT2D eigenvalue weighted by atomic mass is 35.5. The summed E-state index contributed by atoms with van der Waals surface area (Å²) in [4.78, 5) is 36.2. The molecule has 0 atom stereocenters. The van der Waals surface area contributed by atoms with Crippen LogP contribution in [-0.4, -0.2) is 57.0 Å². The van der Waals surface area contributed by atoms with Gasteiger partial charge in [-0.3, -0.25) is 9.89 Å². The van der Waals surface area contributed by atoms with E-state index >= 15 is 0 Å². The van der Waals surface area contributed by atoms with Crippen LogP contribution in [-0.2, 0) is 22.5 Å².